The van der Waals surface area contributed by atoms with E-state index in [1.807, 2.05) is 19.1 Å². The largest absolute Gasteiger partial charge is 0.492 e. The minimum Gasteiger partial charge on any atom is -0.492 e. The second-order valence-corrected chi connectivity index (χ2v) is 8.15. The molecule has 2 N–H and O–H groups in total. The average Bonchev–Trinajstić information content (AvgIpc) is 3.02. The molecule has 1 saturated heterocycles. The fourth-order valence-electron chi connectivity index (χ4n) is 4.52. The zero-order chi connectivity index (χ0) is 19.1. The molecule has 146 valence electrons. The van der Waals surface area contributed by atoms with Crippen molar-refractivity contribution in [2.24, 2.45) is 11.8 Å². The van der Waals surface area contributed by atoms with Gasteiger partial charge in [-0.15, -0.1) is 0 Å². The molecule has 27 heavy (non-hydrogen) atoms. The molecule has 1 unspecified atom stereocenters. The van der Waals surface area contributed by atoms with Gasteiger partial charge in [0, 0.05) is 36.7 Å². The van der Waals surface area contributed by atoms with Gasteiger partial charge in [-0.05, 0) is 56.2 Å². The summed E-state index contributed by atoms with van der Waals surface area (Å²) in [7, 11) is 0. The Morgan fingerprint density at radius 2 is 1.85 bits per heavy atom. The SMILES string of the molecule is Cc1cc(=O)oc2cc(OCC(C)N3C[C@H]4C[C@H](O)[C@H](O)C[C@H]4C3)ccc12. The van der Waals surface area contributed by atoms with Gasteiger partial charge in [0.1, 0.15) is 17.9 Å². The second kappa shape index (κ2) is 7.26. The van der Waals surface area contributed by atoms with Crippen molar-refractivity contribution in [2.75, 3.05) is 19.7 Å². The third-order valence-corrected chi connectivity index (χ3v) is 6.17. The summed E-state index contributed by atoms with van der Waals surface area (Å²) in [5.74, 6) is 1.58. The zero-order valence-corrected chi connectivity index (χ0v) is 15.8. The number of hydrogen-bond acceptors (Lipinski definition) is 6. The maximum Gasteiger partial charge on any atom is 0.336 e. The number of fused-ring (bicyclic) bond motifs is 2. The zero-order valence-electron chi connectivity index (χ0n) is 15.8. The highest BCUT2D eigenvalue weighted by atomic mass is 16.5. The topological polar surface area (TPSA) is 83.1 Å². The molecule has 0 spiro atoms. The van der Waals surface area contributed by atoms with Crippen LogP contribution in [0.15, 0.2) is 33.5 Å². The number of hydrogen-bond donors (Lipinski definition) is 2. The lowest BCUT2D eigenvalue weighted by molar-refractivity contribution is -0.0372. The Labute approximate surface area is 158 Å². The van der Waals surface area contributed by atoms with Crippen molar-refractivity contribution in [3.8, 4) is 5.75 Å². The van der Waals surface area contributed by atoms with Gasteiger partial charge < -0.3 is 19.4 Å². The van der Waals surface area contributed by atoms with Gasteiger partial charge in [-0.25, -0.2) is 4.79 Å². The molecule has 0 amide bonds. The summed E-state index contributed by atoms with van der Waals surface area (Å²) in [6.07, 6.45) is 0.180. The standard InChI is InChI=1S/C21H27NO5/c1-12-5-21(25)27-20-8-16(3-4-17(12)20)26-11-13(2)22-9-14-6-18(23)19(24)7-15(14)10-22/h3-5,8,13-15,18-19,23-24H,6-7,9-11H2,1-2H3/t13?,14-,15+,18+,19-. The fourth-order valence-corrected chi connectivity index (χ4v) is 4.52. The molecule has 2 heterocycles. The van der Waals surface area contributed by atoms with E-state index >= 15 is 0 Å². The molecule has 1 aliphatic carbocycles. The lowest BCUT2D eigenvalue weighted by atomic mass is 9.79. The molecule has 4 rings (SSSR count). The Morgan fingerprint density at radius 1 is 1.19 bits per heavy atom. The predicted octanol–water partition coefficient (Wildman–Crippen LogP) is 1.93. The number of ether oxygens (including phenoxy) is 1. The van der Waals surface area contributed by atoms with E-state index in [0.29, 0.717) is 42.6 Å². The lowest BCUT2D eigenvalue weighted by Crippen LogP contribution is -2.38. The van der Waals surface area contributed by atoms with Gasteiger partial charge in [-0.1, -0.05) is 0 Å². The van der Waals surface area contributed by atoms with Crippen LogP contribution < -0.4 is 10.4 Å². The highest BCUT2D eigenvalue weighted by Gasteiger charge is 2.42. The summed E-state index contributed by atoms with van der Waals surface area (Å²) in [6.45, 7) is 6.43. The van der Waals surface area contributed by atoms with Crippen LogP contribution in [0.5, 0.6) is 5.75 Å². The lowest BCUT2D eigenvalue weighted by Gasteiger charge is -2.32. The van der Waals surface area contributed by atoms with Crippen LogP contribution in [0.2, 0.25) is 0 Å². The first kappa shape index (κ1) is 18.5. The van der Waals surface area contributed by atoms with Crippen molar-refractivity contribution in [2.45, 2.75) is 44.9 Å². The maximum atomic E-state index is 11.6. The summed E-state index contributed by atoms with van der Waals surface area (Å²) in [5.41, 5.74) is 1.08. The Hall–Kier alpha value is -1.89. The Balaban J connectivity index is 1.39. The molecule has 6 nitrogen and oxygen atoms in total. The van der Waals surface area contributed by atoms with Crippen LogP contribution in [-0.4, -0.2) is 53.1 Å². The first-order chi connectivity index (χ1) is 12.9. The van der Waals surface area contributed by atoms with E-state index in [1.165, 1.54) is 6.07 Å². The molecular weight excluding hydrogens is 346 g/mol. The number of rotatable bonds is 4. The van der Waals surface area contributed by atoms with Crippen LogP contribution >= 0.6 is 0 Å². The van der Waals surface area contributed by atoms with Crippen LogP contribution in [0.3, 0.4) is 0 Å². The fraction of sp³-hybridized carbons (Fsp3) is 0.571. The van der Waals surface area contributed by atoms with Crippen molar-refractivity contribution in [1.29, 1.82) is 0 Å². The van der Waals surface area contributed by atoms with Crippen molar-refractivity contribution >= 4 is 11.0 Å². The average molecular weight is 373 g/mol. The monoisotopic (exact) mass is 373 g/mol. The van der Waals surface area contributed by atoms with Crippen molar-refractivity contribution < 1.29 is 19.4 Å². The molecule has 1 saturated carbocycles. The van der Waals surface area contributed by atoms with Gasteiger partial charge in [-0.3, -0.25) is 4.90 Å². The molecular formula is C21H27NO5. The summed E-state index contributed by atoms with van der Waals surface area (Å²) in [4.78, 5) is 14.0. The highest BCUT2D eigenvalue weighted by Crippen LogP contribution is 2.37. The summed E-state index contributed by atoms with van der Waals surface area (Å²) in [6, 6.07) is 7.31. The molecule has 2 aliphatic rings. The van der Waals surface area contributed by atoms with Gasteiger partial charge in [0.05, 0.1) is 12.2 Å². The number of aliphatic hydroxyl groups is 2. The van der Waals surface area contributed by atoms with E-state index in [0.717, 1.165) is 24.0 Å². The van der Waals surface area contributed by atoms with Gasteiger partial charge in [0.2, 0.25) is 0 Å². The van der Waals surface area contributed by atoms with Crippen LogP contribution in [0, 0.1) is 18.8 Å². The number of likely N-dealkylation sites (tertiary alicyclic amines) is 1. The van der Waals surface area contributed by atoms with Crippen molar-refractivity contribution in [3.63, 3.8) is 0 Å². The molecule has 1 aromatic heterocycles. The van der Waals surface area contributed by atoms with Crippen LogP contribution in [0.1, 0.15) is 25.3 Å². The summed E-state index contributed by atoms with van der Waals surface area (Å²) < 4.78 is 11.2. The molecule has 2 fully saturated rings. The molecule has 0 radical (unpaired) electrons. The van der Waals surface area contributed by atoms with E-state index in [2.05, 4.69) is 11.8 Å². The number of aliphatic hydroxyl groups excluding tert-OH is 2. The second-order valence-electron chi connectivity index (χ2n) is 8.15. The van der Waals surface area contributed by atoms with E-state index in [9.17, 15) is 15.0 Å². The minimum absolute atomic E-state index is 0.227. The smallest absolute Gasteiger partial charge is 0.336 e. The molecule has 6 heteroatoms. The normalized spacial score (nSPS) is 29.6. The van der Waals surface area contributed by atoms with Crippen molar-refractivity contribution in [1.82, 2.24) is 4.90 Å². The van der Waals surface area contributed by atoms with E-state index < -0.39 is 12.2 Å². The number of nitrogens with zero attached hydrogens (tertiary/aromatic N) is 1. The summed E-state index contributed by atoms with van der Waals surface area (Å²) >= 11 is 0. The van der Waals surface area contributed by atoms with Gasteiger partial charge >= 0.3 is 5.63 Å². The number of benzene rings is 1. The predicted molar refractivity (Wildman–Crippen MR) is 102 cm³/mol. The van der Waals surface area contributed by atoms with Crippen LogP contribution in [0.25, 0.3) is 11.0 Å². The first-order valence-electron chi connectivity index (χ1n) is 9.68. The van der Waals surface area contributed by atoms with Gasteiger partial charge in [0.25, 0.3) is 0 Å². The molecule has 1 aliphatic heterocycles. The highest BCUT2D eigenvalue weighted by molar-refractivity contribution is 5.81. The molecule has 2 aromatic rings. The van der Waals surface area contributed by atoms with Crippen LogP contribution in [0.4, 0.5) is 0 Å². The Bertz CT molecular complexity index is 860. The van der Waals surface area contributed by atoms with E-state index in [4.69, 9.17) is 9.15 Å². The van der Waals surface area contributed by atoms with E-state index in [1.54, 1.807) is 6.07 Å². The molecule has 0 bridgehead atoms. The third-order valence-electron chi connectivity index (χ3n) is 6.17. The maximum absolute atomic E-state index is 11.6. The minimum atomic E-state index is -0.589. The third kappa shape index (κ3) is 3.74. The molecule has 1 aromatic carbocycles. The van der Waals surface area contributed by atoms with Crippen molar-refractivity contribution in [3.05, 3.63) is 40.2 Å². The number of aryl methyl sites for hydroxylation is 1. The van der Waals surface area contributed by atoms with Gasteiger partial charge in [0.15, 0.2) is 0 Å². The molecule has 5 atom stereocenters. The summed E-state index contributed by atoms with van der Waals surface area (Å²) in [5, 5.41) is 20.7. The Morgan fingerprint density at radius 3 is 2.52 bits per heavy atom. The first-order valence-corrected chi connectivity index (χ1v) is 9.68. The van der Waals surface area contributed by atoms with Gasteiger partial charge in [-0.2, -0.15) is 0 Å². The quantitative estimate of drug-likeness (QED) is 0.797. The van der Waals surface area contributed by atoms with Crippen LogP contribution in [-0.2, 0) is 0 Å². The Kier molecular flexibility index (Phi) is 4.97. The van der Waals surface area contributed by atoms with E-state index in [-0.39, 0.29) is 11.7 Å².